The summed E-state index contributed by atoms with van der Waals surface area (Å²) in [5, 5.41) is 8.76. The molecule has 0 saturated heterocycles. The lowest BCUT2D eigenvalue weighted by Crippen LogP contribution is -2.09. The average Bonchev–Trinajstić information content (AvgIpc) is 3.57. The van der Waals surface area contributed by atoms with E-state index in [1.54, 1.807) is 6.20 Å². The molecule has 0 bridgehead atoms. The monoisotopic (exact) mass is 469 g/mol. The maximum Gasteiger partial charge on any atom is 0.248 e. The van der Waals surface area contributed by atoms with E-state index >= 15 is 0 Å². The maximum atomic E-state index is 6.13. The molecule has 2 atom stereocenters. The van der Waals surface area contributed by atoms with E-state index in [2.05, 4.69) is 52.4 Å². The summed E-state index contributed by atoms with van der Waals surface area (Å²) in [7, 11) is 0. The van der Waals surface area contributed by atoms with Crippen LogP contribution in [0.25, 0.3) is 11.5 Å². The van der Waals surface area contributed by atoms with E-state index in [9.17, 15) is 0 Å². The SMILES string of the molecule is Cc1cc(CCOCc2ccccc2)ccc1-c1nnc(C2CCC(COc3ccccn3)C2)o1. The zero-order valence-electron chi connectivity index (χ0n) is 20.1. The third kappa shape index (κ3) is 6.14. The number of aromatic nitrogens is 3. The predicted molar refractivity (Wildman–Crippen MR) is 134 cm³/mol. The van der Waals surface area contributed by atoms with Crippen molar-refractivity contribution in [3.8, 4) is 17.3 Å². The van der Waals surface area contributed by atoms with Crippen LogP contribution in [-0.2, 0) is 17.8 Å². The molecule has 5 rings (SSSR count). The molecule has 6 heteroatoms. The second-order valence-corrected chi connectivity index (χ2v) is 9.24. The van der Waals surface area contributed by atoms with Crippen molar-refractivity contribution in [2.45, 2.75) is 45.1 Å². The second-order valence-electron chi connectivity index (χ2n) is 9.24. The quantitative estimate of drug-likeness (QED) is 0.259. The Kier molecular flexibility index (Phi) is 7.49. The van der Waals surface area contributed by atoms with Crippen LogP contribution in [0.3, 0.4) is 0 Å². The number of nitrogens with zero attached hydrogens (tertiary/aromatic N) is 3. The number of benzene rings is 2. The lowest BCUT2D eigenvalue weighted by molar-refractivity contribution is 0.124. The maximum absolute atomic E-state index is 6.13. The Morgan fingerprint density at radius 3 is 2.66 bits per heavy atom. The van der Waals surface area contributed by atoms with Gasteiger partial charge in [0.25, 0.3) is 0 Å². The predicted octanol–water partition coefficient (Wildman–Crippen LogP) is 6.16. The lowest BCUT2D eigenvalue weighted by Gasteiger charge is -2.10. The fourth-order valence-electron chi connectivity index (χ4n) is 4.67. The first-order valence-corrected chi connectivity index (χ1v) is 12.3. The first-order chi connectivity index (χ1) is 17.2. The van der Waals surface area contributed by atoms with E-state index in [4.69, 9.17) is 13.9 Å². The van der Waals surface area contributed by atoms with Crippen molar-refractivity contribution in [3.05, 3.63) is 95.5 Å². The van der Waals surface area contributed by atoms with E-state index in [1.165, 1.54) is 11.1 Å². The molecule has 0 radical (unpaired) electrons. The minimum absolute atomic E-state index is 0.287. The highest BCUT2D eigenvalue weighted by atomic mass is 16.5. The Balaban J connectivity index is 1.13. The summed E-state index contributed by atoms with van der Waals surface area (Å²) < 4.78 is 17.8. The lowest BCUT2D eigenvalue weighted by atomic mass is 10.0. The fraction of sp³-hybridized carbons (Fsp3) is 0.345. The van der Waals surface area contributed by atoms with Gasteiger partial charge >= 0.3 is 0 Å². The van der Waals surface area contributed by atoms with Gasteiger partial charge in [-0.25, -0.2) is 4.98 Å². The molecule has 1 aliphatic carbocycles. The van der Waals surface area contributed by atoms with E-state index in [0.717, 1.165) is 42.7 Å². The van der Waals surface area contributed by atoms with Gasteiger partial charge in [0.15, 0.2) is 0 Å². The van der Waals surface area contributed by atoms with Gasteiger partial charge in [0.05, 0.1) is 19.8 Å². The van der Waals surface area contributed by atoms with Crippen LogP contribution < -0.4 is 4.74 Å². The summed E-state index contributed by atoms with van der Waals surface area (Å²) in [4.78, 5) is 4.23. The van der Waals surface area contributed by atoms with Crippen molar-refractivity contribution in [2.75, 3.05) is 13.2 Å². The standard InChI is InChI=1S/C29H31N3O3/c1-21-17-22(14-16-33-19-23-7-3-2-4-8-23)11-13-26(21)29-32-31-28(35-29)25-12-10-24(18-25)20-34-27-9-5-6-15-30-27/h2-9,11,13,15,17,24-25H,10,12,14,16,18-20H2,1H3. The van der Waals surface area contributed by atoms with Crippen molar-refractivity contribution in [2.24, 2.45) is 5.92 Å². The normalized spacial score (nSPS) is 17.5. The highest BCUT2D eigenvalue weighted by molar-refractivity contribution is 5.58. The first-order valence-electron chi connectivity index (χ1n) is 12.3. The molecule has 180 valence electrons. The Labute approximate surface area is 206 Å². The van der Waals surface area contributed by atoms with Crippen LogP contribution in [0, 0.1) is 12.8 Å². The van der Waals surface area contributed by atoms with Crippen molar-refractivity contribution < 1.29 is 13.9 Å². The van der Waals surface area contributed by atoms with E-state index in [-0.39, 0.29) is 5.92 Å². The summed E-state index contributed by atoms with van der Waals surface area (Å²) in [5.74, 6) is 2.77. The van der Waals surface area contributed by atoms with Gasteiger partial charge in [-0.05, 0) is 67.3 Å². The number of hydrogen-bond acceptors (Lipinski definition) is 6. The molecule has 4 aromatic rings. The van der Waals surface area contributed by atoms with Gasteiger partial charge in [-0.1, -0.05) is 48.5 Å². The molecule has 2 aromatic heterocycles. The minimum atomic E-state index is 0.287. The van der Waals surface area contributed by atoms with Gasteiger partial charge in [0.1, 0.15) is 0 Å². The highest BCUT2D eigenvalue weighted by Gasteiger charge is 2.30. The second kappa shape index (κ2) is 11.3. The van der Waals surface area contributed by atoms with E-state index in [1.807, 2.05) is 36.4 Å². The molecule has 0 amide bonds. The first kappa shape index (κ1) is 23.2. The number of aryl methyl sites for hydroxylation is 1. The van der Waals surface area contributed by atoms with Crippen molar-refractivity contribution in [3.63, 3.8) is 0 Å². The Morgan fingerprint density at radius 2 is 1.83 bits per heavy atom. The van der Waals surface area contributed by atoms with Crippen LogP contribution in [-0.4, -0.2) is 28.4 Å². The van der Waals surface area contributed by atoms with Crippen LogP contribution in [0.4, 0.5) is 0 Å². The topological polar surface area (TPSA) is 70.3 Å². The number of rotatable bonds is 10. The van der Waals surface area contributed by atoms with Gasteiger partial charge in [-0.2, -0.15) is 0 Å². The largest absolute Gasteiger partial charge is 0.477 e. The molecular formula is C29H31N3O3. The van der Waals surface area contributed by atoms with Crippen LogP contribution in [0.5, 0.6) is 5.88 Å². The molecule has 1 saturated carbocycles. The molecule has 2 unspecified atom stereocenters. The van der Waals surface area contributed by atoms with Crippen LogP contribution in [0.2, 0.25) is 0 Å². The molecule has 2 aromatic carbocycles. The van der Waals surface area contributed by atoms with Gasteiger partial charge in [-0.15, -0.1) is 10.2 Å². The zero-order valence-corrected chi connectivity index (χ0v) is 20.1. The highest BCUT2D eigenvalue weighted by Crippen LogP contribution is 2.38. The smallest absolute Gasteiger partial charge is 0.248 e. The molecule has 1 fully saturated rings. The molecule has 0 spiro atoms. The average molecular weight is 470 g/mol. The van der Waals surface area contributed by atoms with Crippen LogP contribution in [0.15, 0.2) is 77.3 Å². The molecule has 0 aliphatic heterocycles. The van der Waals surface area contributed by atoms with E-state index < -0.39 is 0 Å². The molecular weight excluding hydrogens is 438 g/mol. The zero-order chi connectivity index (χ0) is 23.9. The number of hydrogen-bond donors (Lipinski definition) is 0. The Hall–Kier alpha value is -3.51. The molecule has 2 heterocycles. The third-order valence-corrected chi connectivity index (χ3v) is 6.60. The van der Waals surface area contributed by atoms with Crippen molar-refractivity contribution in [1.82, 2.24) is 15.2 Å². The number of pyridine rings is 1. The third-order valence-electron chi connectivity index (χ3n) is 6.60. The molecule has 1 aliphatic rings. The number of ether oxygens (including phenoxy) is 2. The minimum Gasteiger partial charge on any atom is -0.477 e. The van der Waals surface area contributed by atoms with Crippen LogP contribution >= 0.6 is 0 Å². The van der Waals surface area contributed by atoms with Gasteiger partial charge in [-0.3, -0.25) is 0 Å². The molecule has 6 nitrogen and oxygen atoms in total. The summed E-state index contributed by atoms with van der Waals surface area (Å²) >= 11 is 0. The fourth-order valence-corrected chi connectivity index (χ4v) is 4.67. The Morgan fingerprint density at radius 1 is 0.943 bits per heavy atom. The van der Waals surface area contributed by atoms with Crippen LogP contribution in [0.1, 0.15) is 47.8 Å². The summed E-state index contributed by atoms with van der Waals surface area (Å²) in [6, 6.07) is 22.4. The Bertz CT molecular complexity index is 1210. The summed E-state index contributed by atoms with van der Waals surface area (Å²) in [5.41, 5.74) is 4.56. The van der Waals surface area contributed by atoms with Gasteiger partial charge in [0, 0.05) is 23.7 Å². The van der Waals surface area contributed by atoms with Gasteiger partial charge in [0.2, 0.25) is 17.7 Å². The molecule has 0 N–H and O–H groups in total. The van der Waals surface area contributed by atoms with Crippen molar-refractivity contribution in [1.29, 1.82) is 0 Å². The van der Waals surface area contributed by atoms with Gasteiger partial charge < -0.3 is 13.9 Å². The molecule has 35 heavy (non-hydrogen) atoms. The summed E-state index contributed by atoms with van der Waals surface area (Å²) in [6.07, 6.45) is 5.75. The van der Waals surface area contributed by atoms with E-state index in [0.29, 0.717) is 37.5 Å². The summed E-state index contributed by atoms with van der Waals surface area (Å²) in [6.45, 7) is 4.09. The van der Waals surface area contributed by atoms with Crippen molar-refractivity contribution >= 4 is 0 Å².